The maximum atomic E-state index is 11.7. The molecule has 0 aromatic carbocycles. The fourth-order valence-electron chi connectivity index (χ4n) is 1.41. The average molecular weight is 199 g/mol. The first kappa shape index (κ1) is 11.3. The Balaban J connectivity index is 2.30. The second kappa shape index (κ2) is 5.20. The van der Waals surface area contributed by atoms with Gasteiger partial charge in [0.05, 0.1) is 0 Å². The van der Waals surface area contributed by atoms with Gasteiger partial charge in [0.1, 0.15) is 0 Å². The van der Waals surface area contributed by atoms with E-state index in [-0.39, 0.29) is 12.1 Å². The Kier molecular flexibility index (Phi) is 4.20. The Labute approximate surface area is 86.2 Å². The summed E-state index contributed by atoms with van der Waals surface area (Å²) < 4.78 is 0. The second-order valence-corrected chi connectivity index (χ2v) is 4.05. The molecule has 4 nitrogen and oxygen atoms in total. The summed E-state index contributed by atoms with van der Waals surface area (Å²) in [6.45, 7) is 7.77. The van der Waals surface area contributed by atoms with Crippen LogP contribution in [-0.2, 0) is 0 Å². The van der Waals surface area contributed by atoms with Crippen LogP contribution in [-0.4, -0.2) is 55.1 Å². The Bertz CT molecular complexity index is 188. The smallest absolute Gasteiger partial charge is 0.317 e. The molecule has 1 aliphatic heterocycles. The monoisotopic (exact) mass is 199 g/mol. The summed E-state index contributed by atoms with van der Waals surface area (Å²) in [5.74, 6) is 0. The number of carbonyl (C=O) groups is 1. The van der Waals surface area contributed by atoms with Crippen molar-refractivity contribution in [1.29, 1.82) is 0 Å². The summed E-state index contributed by atoms with van der Waals surface area (Å²) in [5.41, 5.74) is 0. The highest BCUT2D eigenvalue weighted by Crippen LogP contribution is 2.00. The van der Waals surface area contributed by atoms with Crippen LogP contribution >= 0.6 is 0 Å². The molecule has 1 N–H and O–H groups in total. The standard InChI is InChI=1S/C10H21N3O/c1-4-9(2)11-10(14)13-7-5-12(3)6-8-13/h9H,4-8H2,1-3H3,(H,11,14)/t9-/m1/s1. The molecule has 0 spiro atoms. The van der Waals surface area contributed by atoms with E-state index < -0.39 is 0 Å². The van der Waals surface area contributed by atoms with Gasteiger partial charge in [-0.3, -0.25) is 0 Å². The highest BCUT2D eigenvalue weighted by atomic mass is 16.2. The molecule has 0 aromatic heterocycles. The second-order valence-electron chi connectivity index (χ2n) is 4.05. The number of rotatable bonds is 2. The third-order valence-electron chi connectivity index (χ3n) is 2.77. The zero-order valence-corrected chi connectivity index (χ0v) is 9.42. The molecule has 1 rings (SSSR count). The largest absolute Gasteiger partial charge is 0.336 e. The first-order valence-corrected chi connectivity index (χ1v) is 5.37. The maximum absolute atomic E-state index is 11.7. The summed E-state index contributed by atoms with van der Waals surface area (Å²) in [7, 11) is 2.09. The van der Waals surface area contributed by atoms with E-state index in [0.29, 0.717) is 0 Å². The fourth-order valence-corrected chi connectivity index (χ4v) is 1.41. The van der Waals surface area contributed by atoms with Gasteiger partial charge in [0, 0.05) is 32.2 Å². The van der Waals surface area contributed by atoms with Crippen molar-refractivity contribution in [3.05, 3.63) is 0 Å². The van der Waals surface area contributed by atoms with Crippen molar-refractivity contribution in [2.24, 2.45) is 0 Å². The maximum Gasteiger partial charge on any atom is 0.317 e. The van der Waals surface area contributed by atoms with E-state index in [1.54, 1.807) is 0 Å². The Morgan fingerprint density at radius 2 is 1.93 bits per heavy atom. The lowest BCUT2D eigenvalue weighted by Crippen LogP contribution is -2.52. The molecule has 0 radical (unpaired) electrons. The van der Waals surface area contributed by atoms with Gasteiger partial charge in [-0.2, -0.15) is 0 Å². The van der Waals surface area contributed by atoms with Gasteiger partial charge >= 0.3 is 6.03 Å². The summed E-state index contributed by atoms with van der Waals surface area (Å²) in [5, 5.41) is 2.98. The summed E-state index contributed by atoms with van der Waals surface area (Å²) in [6, 6.07) is 0.370. The van der Waals surface area contributed by atoms with Gasteiger partial charge in [-0.25, -0.2) is 4.79 Å². The van der Waals surface area contributed by atoms with Crippen molar-refractivity contribution in [1.82, 2.24) is 15.1 Å². The number of hydrogen-bond acceptors (Lipinski definition) is 2. The van der Waals surface area contributed by atoms with Gasteiger partial charge < -0.3 is 15.1 Å². The number of carbonyl (C=O) groups excluding carboxylic acids is 1. The van der Waals surface area contributed by atoms with Gasteiger partial charge in [0.25, 0.3) is 0 Å². The first-order valence-electron chi connectivity index (χ1n) is 5.37. The van der Waals surface area contributed by atoms with Crippen LogP contribution in [0.25, 0.3) is 0 Å². The number of likely N-dealkylation sites (N-methyl/N-ethyl adjacent to an activating group) is 1. The van der Waals surface area contributed by atoms with Crippen LogP contribution in [0, 0.1) is 0 Å². The Morgan fingerprint density at radius 3 is 2.43 bits per heavy atom. The molecule has 0 aliphatic carbocycles. The first-order chi connectivity index (χ1) is 6.63. The van der Waals surface area contributed by atoms with E-state index in [1.165, 1.54) is 0 Å². The van der Waals surface area contributed by atoms with Gasteiger partial charge in [0.2, 0.25) is 0 Å². The topological polar surface area (TPSA) is 35.6 Å². The number of nitrogens with one attached hydrogen (secondary N) is 1. The van der Waals surface area contributed by atoms with E-state index >= 15 is 0 Å². The SMILES string of the molecule is CC[C@@H](C)NC(=O)N1CCN(C)CC1. The molecular formula is C10H21N3O. The molecule has 4 heteroatoms. The zero-order valence-electron chi connectivity index (χ0n) is 9.42. The summed E-state index contributed by atoms with van der Waals surface area (Å²) in [6.07, 6.45) is 0.986. The normalized spacial score (nSPS) is 20.6. The molecule has 0 unspecified atom stereocenters. The number of nitrogens with zero attached hydrogens (tertiary/aromatic N) is 2. The molecular weight excluding hydrogens is 178 g/mol. The molecule has 1 heterocycles. The minimum absolute atomic E-state index is 0.0902. The molecule has 0 bridgehead atoms. The third-order valence-corrected chi connectivity index (χ3v) is 2.77. The van der Waals surface area contributed by atoms with Crippen LogP contribution in [0.3, 0.4) is 0 Å². The molecule has 1 fully saturated rings. The Morgan fingerprint density at radius 1 is 1.36 bits per heavy atom. The number of urea groups is 1. The van der Waals surface area contributed by atoms with Crippen LogP contribution in [0.4, 0.5) is 4.79 Å². The van der Waals surface area contributed by atoms with Crippen molar-refractivity contribution in [3.8, 4) is 0 Å². The van der Waals surface area contributed by atoms with Crippen molar-refractivity contribution < 1.29 is 4.79 Å². The molecule has 2 amide bonds. The zero-order chi connectivity index (χ0) is 10.6. The number of amides is 2. The summed E-state index contributed by atoms with van der Waals surface area (Å²) in [4.78, 5) is 15.8. The van der Waals surface area contributed by atoms with Crippen LogP contribution in [0.5, 0.6) is 0 Å². The van der Waals surface area contributed by atoms with Crippen LogP contribution in [0.1, 0.15) is 20.3 Å². The fraction of sp³-hybridized carbons (Fsp3) is 0.900. The quantitative estimate of drug-likeness (QED) is 0.712. The van der Waals surface area contributed by atoms with Gasteiger partial charge in [-0.1, -0.05) is 6.92 Å². The lowest BCUT2D eigenvalue weighted by molar-refractivity contribution is 0.152. The molecule has 82 valence electrons. The van der Waals surface area contributed by atoms with Crippen LogP contribution in [0.15, 0.2) is 0 Å². The predicted octanol–water partition coefficient (Wildman–Crippen LogP) is 0.742. The lowest BCUT2D eigenvalue weighted by atomic mass is 10.2. The molecule has 1 atom stereocenters. The highest BCUT2D eigenvalue weighted by Gasteiger charge is 2.19. The molecule has 1 saturated heterocycles. The van der Waals surface area contributed by atoms with Gasteiger partial charge in [-0.05, 0) is 20.4 Å². The van der Waals surface area contributed by atoms with E-state index in [0.717, 1.165) is 32.6 Å². The van der Waals surface area contributed by atoms with E-state index in [2.05, 4.69) is 24.2 Å². The average Bonchev–Trinajstić information content (AvgIpc) is 2.18. The van der Waals surface area contributed by atoms with E-state index in [4.69, 9.17) is 0 Å². The molecule has 0 saturated carbocycles. The van der Waals surface area contributed by atoms with Crippen molar-refractivity contribution in [2.45, 2.75) is 26.3 Å². The van der Waals surface area contributed by atoms with E-state index in [9.17, 15) is 4.79 Å². The Hall–Kier alpha value is -0.770. The van der Waals surface area contributed by atoms with Crippen molar-refractivity contribution in [2.75, 3.05) is 33.2 Å². The number of hydrogen-bond donors (Lipinski definition) is 1. The minimum Gasteiger partial charge on any atom is -0.336 e. The van der Waals surface area contributed by atoms with Gasteiger partial charge in [0.15, 0.2) is 0 Å². The molecule has 14 heavy (non-hydrogen) atoms. The van der Waals surface area contributed by atoms with Crippen molar-refractivity contribution >= 4 is 6.03 Å². The molecule has 1 aliphatic rings. The highest BCUT2D eigenvalue weighted by molar-refractivity contribution is 5.74. The minimum atomic E-state index is 0.0902. The van der Waals surface area contributed by atoms with Crippen LogP contribution < -0.4 is 5.32 Å². The number of piperazine rings is 1. The summed E-state index contributed by atoms with van der Waals surface area (Å²) >= 11 is 0. The van der Waals surface area contributed by atoms with Crippen molar-refractivity contribution in [3.63, 3.8) is 0 Å². The molecule has 0 aromatic rings. The third kappa shape index (κ3) is 3.18. The van der Waals surface area contributed by atoms with Crippen LogP contribution in [0.2, 0.25) is 0 Å². The van der Waals surface area contributed by atoms with Gasteiger partial charge in [-0.15, -0.1) is 0 Å². The predicted molar refractivity (Wildman–Crippen MR) is 57.4 cm³/mol. The van der Waals surface area contributed by atoms with E-state index in [1.807, 2.05) is 11.8 Å². The lowest BCUT2D eigenvalue weighted by Gasteiger charge is -2.33.